The van der Waals surface area contributed by atoms with Crippen molar-refractivity contribution < 1.29 is 5.11 Å². The molecule has 4 heteroatoms. The summed E-state index contributed by atoms with van der Waals surface area (Å²) in [6, 6.07) is 12.5. The summed E-state index contributed by atoms with van der Waals surface area (Å²) in [5.41, 5.74) is 1.36. The molecule has 0 fully saturated rings. The normalized spacial score (nSPS) is 12.5. The van der Waals surface area contributed by atoms with Gasteiger partial charge in [-0.3, -0.25) is 0 Å². The molecule has 1 N–H and O–H groups in total. The molecule has 17 heavy (non-hydrogen) atoms. The lowest BCUT2D eigenvalue weighted by Gasteiger charge is -2.15. The maximum absolute atomic E-state index is 10.3. The minimum absolute atomic E-state index is 0.498. The largest absolute Gasteiger partial charge is 0.384 e. The van der Waals surface area contributed by atoms with Gasteiger partial charge in [-0.1, -0.05) is 57.3 Å². The summed E-state index contributed by atoms with van der Waals surface area (Å²) in [5, 5.41) is 11.4. The van der Waals surface area contributed by atoms with Crippen LogP contribution in [-0.2, 0) is 0 Å². The first-order valence-corrected chi connectivity index (χ1v) is 6.52. The molecule has 0 spiro atoms. The highest BCUT2D eigenvalue weighted by atomic mass is 79.9. The fourth-order valence-electron chi connectivity index (χ4n) is 1.59. The first-order valence-electron chi connectivity index (χ1n) is 4.97. The molecule has 88 valence electrons. The van der Waals surface area contributed by atoms with E-state index in [1.165, 1.54) is 0 Å². The molecule has 0 saturated heterocycles. The number of benzene rings is 2. The zero-order chi connectivity index (χ0) is 12.4. The van der Waals surface area contributed by atoms with E-state index in [0.29, 0.717) is 15.6 Å². The molecule has 0 aliphatic heterocycles. The van der Waals surface area contributed by atoms with Crippen molar-refractivity contribution in [2.75, 3.05) is 0 Å². The molecular weight excluding hydrogens is 323 g/mol. The van der Waals surface area contributed by atoms with Crippen LogP contribution in [0.3, 0.4) is 0 Å². The monoisotopic (exact) mass is 330 g/mol. The Labute approximate surface area is 118 Å². The van der Waals surface area contributed by atoms with Gasteiger partial charge in [-0.05, 0) is 29.8 Å². The Morgan fingerprint density at radius 2 is 1.71 bits per heavy atom. The predicted molar refractivity (Wildman–Crippen MR) is 74.7 cm³/mol. The molecule has 2 aromatic carbocycles. The molecule has 1 nitrogen and oxygen atoms in total. The Morgan fingerprint density at radius 3 is 2.41 bits per heavy atom. The molecule has 0 heterocycles. The fraction of sp³-hybridized carbons (Fsp3) is 0.0769. The van der Waals surface area contributed by atoms with Crippen LogP contribution in [0.5, 0.6) is 0 Å². The number of hydrogen-bond acceptors (Lipinski definition) is 1. The topological polar surface area (TPSA) is 20.2 Å². The maximum atomic E-state index is 10.3. The smallest absolute Gasteiger partial charge is 0.107 e. The minimum atomic E-state index is -0.795. The van der Waals surface area contributed by atoms with E-state index in [9.17, 15) is 5.11 Å². The van der Waals surface area contributed by atoms with Crippen molar-refractivity contribution >= 4 is 39.1 Å². The van der Waals surface area contributed by atoms with E-state index < -0.39 is 6.10 Å². The van der Waals surface area contributed by atoms with Gasteiger partial charge in [0.2, 0.25) is 0 Å². The molecule has 0 aromatic heterocycles. The Kier molecular flexibility index (Phi) is 4.10. The molecule has 0 amide bonds. The number of rotatable bonds is 2. The summed E-state index contributed by atoms with van der Waals surface area (Å²) in [7, 11) is 0. The number of aliphatic hydroxyl groups is 1. The second kappa shape index (κ2) is 5.40. The quantitative estimate of drug-likeness (QED) is 0.835. The highest BCUT2D eigenvalue weighted by Gasteiger charge is 2.16. The van der Waals surface area contributed by atoms with E-state index in [1.54, 1.807) is 18.2 Å². The van der Waals surface area contributed by atoms with E-state index in [2.05, 4.69) is 15.9 Å². The molecule has 2 aromatic rings. The summed E-state index contributed by atoms with van der Waals surface area (Å²) >= 11 is 15.4. The number of halogens is 3. The standard InChI is InChI=1S/C13H9BrCl2O/c14-11-4-2-1-3-9(11)13(17)10-7-8(15)5-6-12(10)16/h1-7,13,17H. The van der Waals surface area contributed by atoms with Crippen molar-refractivity contribution in [2.45, 2.75) is 6.10 Å². The molecule has 0 aliphatic carbocycles. The maximum Gasteiger partial charge on any atom is 0.107 e. The van der Waals surface area contributed by atoms with Crippen LogP contribution < -0.4 is 0 Å². The third-order valence-electron chi connectivity index (χ3n) is 2.45. The van der Waals surface area contributed by atoms with Crippen LogP contribution in [0.1, 0.15) is 17.2 Å². The van der Waals surface area contributed by atoms with Crippen LogP contribution in [0.25, 0.3) is 0 Å². The Hall–Kier alpha value is -0.540. The zero-order valence-corrected chi connectivity index (χ0v) is 11.8. The first kappa shape index (κ1) is 12.9. The Morgan fingerprint density at radius 1 is 1.00 bits per heavy atom. The fourth-order valence-corrected chi connectivity index (χ4v) is 2.49. The second-order valence-electron chi connectivity index (χ2n) is 3.59. The lowest BCUT2D eigenvalue weighted by Crippen LogP contribution is -2.01. The third-order valence-corrected chi connectivity index (χ3v) is 3.75. The van der Waals surface area contributed by atoms with Gasteiger partial charge in [0, 0.05) is 20.1 Å². The van der Waals surface area contributed by atoms with Gasteiger partial charge in [-0.15, -0.1) is 0 Å². The van der Waals surface area contributed by atoms with Crippen molar-refractivity contribution in [1.82, 2.24) is 0 Å². The molecule has 0 aliphatic rings. The van der Waals surface area contributed by atoms with Gasteiger partial charge in [0.1, 0.15) is 6.10 Å². The van der Waals surface area contributed by atoms with E-state index >= 15 is 0 Å². The van der Waals surface area contributed by atoms with E-state index in [4.69, 9.17) is 23.2 Å². The van der Waals surface area contributed by atoms with Crippen molar-refractivity contribution in [3.63, 3.8) is 0 Å². The Bertz CT molecular complexity index is 543. The summed E-state index contributed by atoms with van der Waals surface area (Å²) in [6.45, 7) is 0. The SMILES string of the molecule is OC(c1cc(Cl)ccc1Cl)c1ccccc1Br. The van der Waals surface area contributed by atoms with Gasteiger partial charge < -0.3 is 5.11 Å². The summed E-state index contributed by atoms with van der Waals surface area (Å²) in [4.78, 5) is 0. The molecule has 0 radical (unpaired) electrons. The van der Waals surface area contributed by atoms with Gasteiger partial charge in [0.25, 0.3) is 0 Å². The minimum Gasteiger partial charge on any atom is -0.384 e. The second-order valence-corrected chi connectivity index (χ2v) is 5.29. The van der Waals surface area contributed by atoms with E-state index in [0.717, 1.165) is 10.0 Å². The van der Waals surface area contributed by atoms with Gasteiger partial charge in [0.05, 0.1) is 0 Å². The number of hydrogen-bond donors (Lipinski definition) is 1. The lowest BCUT2D eigenvalue weighted by molar-refractivity contribution is 0.219. The molecule has 1 atom stereocenters. The molecule has 0 saturated carbocycles. The van der Waals surface area contributed by atoms with Crippen molar-refractivity contribution in [2.24, 2.45) is 0 Å². The average molecular weight is 332 g/mol. The van der Waals surface area contributed by atoms with Gasteiger partial charge in [-0.25, -0.2) is 0 Å². The van der Waals surface area contributed by atoms with Gasteiger partial charge in [0.15, 0.2) is 0 Å². The van der Waals surface area contributed by atoms with Crippen LogP contribution in [0.4, 0.5) is 0 Å². The van der Waals surface area contributed by atoms with Crippen molar-refractivity contribution in [3.8, 4) is 0 Å². The Balaban J connectivity index is 2.47. The highest BCUT2D eigenvalue weighted by molar-refractivity contribution is 9.10. The average Bonchev–Trinajstić information content (AvgIpc) is 2.32. The van der Waals surface area contributed by atoms with Crippen molar-refractivity contribution in [1.29, 1.82) is 0 Å². The van der Waals surface area contributed by atoms with Crippen molar-refractivity contribution in [3.05, 3.63) is 68.1 Å². The van der Waals surface area contributed by atoms with E-state index in [1.807, 2.05) is 24.3 Å². The zero-order valence-electron chi connectivity index (χ0n) is 8.70. The molecule has 1 unspecified atom stereocenters. The summed E-state index contributed by atoms with van der Waals surface area (Å²) in [5.74, 6) is 0. The van der Waals surface area contributed by atoms with Gasteiger partial charge >= 0.3 is 0 Å². The van der Waals surface area contributed by atoms with Crippen LogP contribution in [-0.4, -0.2) is 5.11 Å². The molecular formula is C13H9BrCl2O. The van der Waals surface area contributed by atoms with Crippen LogP contribution in [0.2, 0.25) is 10.0 Å². The van der Waals surface area contributed by atoms with Crippen LogP contribution in [0.15, 0.2) is 46.9 Å². The first-order chi connectivity index (χ1) is 8.09. The van der Waals surface area contributed by atoms with Crippen LogP contribution >= 0.6 is 39.1 Å². The highest BCUT2D eigenvalue weighted by Crippen LogP contribution is 2.33. The van der Waals surface area contributed by atoms with Gasteiger partial charge in [-0.2, -0.15) is 0 Å². The number of aliphatic hydroxyl groups excluding tert-OH is 1. The summed E-state index contributed by atoms with van der Waals surface area (Å²) < 4.78 is 0.837. The lowest BCUT2D eigenvalue weighted by atomic mass is 10.0. The van der Waals surface area contributed by atoms with Crippen LogP contribution in [0, 0.1) is 0 Å². The predicted octanol–water partition coefficient (Wildman–Crippen LogP) is 4.84. The molecule has 2 rings (SSSR count). The molecule has 0 bridgehead atoms. The summed E-state index contributed by atoms with van der Waals surface area (Å²) in [6.07, 6.45) is -0.795. The van der Waals surface area contributed by atoms with E-state index in [-0.39, 0.29) is 0 Å². The third kappa shape index (κ3) is 2.83.